The number of nitrogens with zero attached hydrogens (tertiary/aromatic N) is 5. The summed E-state index contributed by atoms with van der Waals surface area (Å²) >= 11 is 11.9. The van der Waals surface area contributed by atoms with Crippen LogP contribution in [0.4, 0.5) is 15.0 Å². The number of pyridine rings is 1. The summed E-state index contributed by atoms with van der Waals surface area (Å²) < 4.78 is 20.1. The highest BCUT2D eigenvalue weighted by Gasteiger charge is 2.49. The number of anilines is 1. The lowest BCUT2D eigenvalue weighted by Gasteiger charge is -2.35. The molecular formula is C20H24Cl2FN5O2. The van der Waals surface area contributed by atoms with E-state index in [0.29, 0.717) is 23.7 Å². The number of hydrogen-bond donors (Lipinski definition) is 0. The number of likely N-dealkylation sites (tertiary alicyclic amines) is 1. The number of carbonyl (C=O) groups excluding carboxylic acids is 1. The van der Waals surface area contributed by atoms with Gasteiger partial charge in [0.25, 0.3) is 0 Å². The predicted molar refractivity (Wildman–Crippen MR) is 114 cm³/mol. The number of rotatable bonds is 3. The minimum absolute atomic E-state index is 0.0150. The SMILES string of the molecule is CN(c1nc(Cl)nc2c(F)c(Cl)ncc12)[C@@H]1CCN(C(=O)OC(C)(C)C)[C@@H]1C1CC1. The van der Waals surface area contributed by atoms with Gasteiger partial charge in [0.15, 0.2) is 11.0 Å². The van der Waals surface area contributed by atoms with Gasteiger partial charge in [0.2, 0.25) is 5.28 Å². The van der Waals surface area contributed by atoms with E-state index >= 15 is 0 Å². The van der Waals surface area contributed by atoms with E-state index in [-0.39, 0.29) is 34.1 Å². The van der Waals surface area contributed by atoms with Gasteiger partial charge in [-0.25, -0.2) is 19.2 Å². The minimum atomic E-state index is -0.728. The number of aromatic nitrogens is 3. The van der Waals surface area contributed by atoms with E-state index < -0.39 is 11.4 Å². The molecule has 0 N–H and O–H groups in total. The van der Waals surface area contributed by atoms with Gasteiger partial charge in [-0.2, -0.15) is 4.98 Å². The first-order valence-corrected chi connectivity index (χ1v) is 10.7. The molecule has 0 bridgehead atoms. The fraction of sp³-hybridized carbons (Fsp3) is 0.600. The van der Waals surface area contributed by atoms with Gasteiger partial charge in [0.05, 0.1) is 17.5 Å². The number of likely N-dealkylation sites (N-methyl/N-ethyl adjacent to an activating group) is 1. The van der Waals surface area contributed by atoms with Crippen molar-refractivity contribution in [1.29, 1.82) is 0 Å². The van der Waals surface area contributed by atoms with Crippen LogP contribution in [0.25, 0.3) is 10.9 Å². The van der Waals surface area contributed by atoms with Crippen molar-refractivity contribution < 1.29 is 13.9 Å². The molecule has 3 heterocycles. The molecule has 162 valence electrons. The molecule has 7 nitrogen and oxygen atoms in total. The van der Waals surface area contributed by atoms with Crippen LogP contribution >= 0.6 is 23.2 Å². The van der Waals surface area contributed by atoms with E-state index in [2.05, 4.69) is 15.0 Å². The van der Waals surface area contributed by atoms with Crippen LogP contribution in [0.15, 0.2) is 6.20 Å². The van der Waals surface area contributed by atoms with E-state index in [0.717, 1.165) is 19.3 Å². The Morgan fingerprint density at radius 2 is 1.97 bits per heavy atom. The topological polar surface area (TPSA) is 71.5 Å². The molecule has 2 aromatic rings. The third-order valence-corrected chi connectivity index (χ3v) is 6.01. The van der Waals surface area contributed by atoms with Crippen molar-refractivity contribution in [2.75, 3.05) is 18.5 Å². The molecular weight excluding hydrogens is 432 g/mol. The normalized spacial score (nSPS) is 21.9. The Kier molecular flexibility index (Phi) is 5.43. The second-order valence-corrected chi connectivity index (χ2v) is 9.61. The standard InChI is InChI=1S/C20H24Cl2FN5O2/c1-20(2,3)30-19(29)28-8-7-12(15(28)10-5-6-10)27(4)17-11-9-24-16(21)13(23)14(11)25-18(22)26-17/h9-10,12,15H,5-8H2,1-4H3/t12-,15-/m1/s1. The molecule has 0 unspecified atom stereocenters. The zero-order valence-electron chi connectivity index (χ0n) is 17.3. The second-order valence-electron chi connectivity index (χ2n) is 8.91. The molecule has 2 atom stereocenters. The van der Waals surface area contributed by atoms with Crippen molar-refractivity contribution in [3.63, 3.8) is 0 Å². The number of fused-ring (bicyclic) bond motifs is 1. The Labute approximate surface area is 184 Å². The monoisotopic (exact) mass is 455 g/mol. The van der Waals surface area contributed by atoms with Gasteiger partial charge >= 0.3 is 6.09 Å². The van der Waals surface area contributed by atoms with Gasteiger partial charge in [-0.05, 0) is 57.6 Å². The third-order valence-electron chi connectivity index (χ3n) is 5.58. The molecule has 10 heteroatoms. The zero-order valence-corrected chi connectivity index (χ0v) is 18.8. The van der Waals surface area contributed by atoms with Crippen molar-refractivity contribution >= 4 is 46.0 Å². The summed E-state index contributed by atoms with van der Waals surface area (Å²) in [4.78, 5) is 28.9. The first-order chi connectivity index (χ1) is 14.1. The van der Waals surface area contributed by atoms with Crippen molar-refractivity contribution in [1.82, 2.24) is 19.9 Å². The molecule has 1 aliphatic heterocycles. The van der Waals surface area contributed by atoms with Crippen molar-refractivity contribution in [2.45, 2.75) is 57.7 Å². The van der Waals surface area contributed by atoms with Crippen LogP contribution in [0.1, 0.15) is 40.0 Å². The van der Waals surface area contributed by atoms with E-state index in [4.69, 9.17) is 27.9 Å². The van der Waals surface area contributed by atoms with Crippen molar-refractivity contribution in [2.24, 2.45) is 5.92 Å². The summed E-state index contributed by atoms with van der Waals surface area (Å²) in [6, 6.07) is -0.0309. The molecule has 30 heavy (non-hydrogen) atoms. The number of carbonyl (C=O) groups is 1. The Hall–Kier alpha value is -1.93. The number of hydrogen-bond acceptors (Lipinski definition) is 6. The van der Waals surface area contributed by atoms with Crippen LogP contribution < -0.4 is 4.90 Å². The molecule has 1 aliphatic carbocycles. The van der Waals surface area contributed by atoms with E-state index in [1.165, 1.54) is 6.20 Å². The maximum absolute atomic E-state index is 14.5. The molecule has 2 aromatic heterocycles. The highest BCUT2D eigenvalue weighted by Crippen LogP contribution is 2.43. The fourth-order valence-corrected chi connectivity index (χ4v) is 4.48. The van der Waals surface area contributed by atoms with E-state index in [1.807, 2.05) is 37.6 Å². The van der Waals surface area contributed by atoms with Crippen LogP contribution in [-0.2, 0) is 4.74 Å². The lowest BCUT2D eigenvalue weighted by atomic mass is 10.0. The zero-order chi connectivity index (χ0) is 21.8. The molecule has 1 amide bonds. The van der Waals surface area contributed by atoms with Gasteiger partial charge in [0, 0.05) is 19.8 Å². The van der Waals surface area contributed by atoms with E-state index in [9.17, 15) is 9.18 Å². The maximum Gasteiger partial charge on any atom is 0.410 e. The fourth-order valence-electron chi connectivity index (χ4n) is 4.18. The molecule has 2 aliphatic rings. The minimum Gasteiger partial charge on any atom is -0.444 e. The molecule has 0 radical (unpaired) electrons. The Morgan fingerprint density at radius 1 is 1.27 bits per heavy atom. The highest BCUT2D eigenvalue weighted by molar-refractivity contribution is 6.30. The van der Waals surface area contributed by atoms with Crippen molar-refractivity contribution in [3.8, 4) is 0 Å². The summed E-state index contributed by atoms with van der Waals surface area (Å²) in [6.45, 7) is 6.16. The van der Waals surface area contributed by atoms with Gasteiger partial charge in [0.1, 0.15) is 16.9 Å². The van der Waals surface area contributed by atoms with Crippen molar-refractivity contribution in [3.05, 3.63) is 22.5 Å². The number of halogens is 3. The number of ether oxygens (including phenoxy) is 1. The van der Waals surface area contributed by atoms with Gasteiger partial charge < -0.3 is 14.5 Å². The Balaban J connectivity index is 1.69. The lowest BCUT2D eigenvalue weighted by molar-refractivity contribution is 0.0202. The average molecular weight is 456 g/mol. The van der Waals surface area contributed by atoms with E-state index in [1.54, 1.807) is 0 Å². The van der Waals surface area contributed by atoms with Crippen LogP contribution in [-0.4, -0.2) is 57.2 Å². The molecule has 4 rings (SSSR count). The van der Waals surface area contributed by atoms with Gasteiger partial charge in [-0.3, -0.25) is 0 Å². The smallest absolute Gasteiger partial charge is 0.410 e. The summed E-state index contributed by atoms with van der Waals surface area (Å²) in [6.07, 6.45) is 4.01. The quantitative estimate of drug-likeness (QED) is 0.493. The first kappa shape index (κ1) is 21.3. The largest absolute Gasteiger partial charge is 0.444 e. The average Bonchev–Trinajstić information content (AvgIpc) is 3.40. The molecule has 2 fully saturated rings. The van der Waals surface area contributed by atoms with Crippen LogP contribution in [0.3, 0.4) is 0 Å². The van der Waals surface area contributed by atoms with Gasteiger partial charge in [-0.1, -0.05) is 11.6 Å². The molecule has 0 aromatic carbocycles. The summed E-state index contributed by atoms with van der Waals surface area (Å²) in [5.74, 6) is 0.142. The number of amides is 1. The van der Waals surface area contributed by atoms with Crippen LogP contribution in [0, 0.1) is 11.7 Å². The highest BCUT2D eigenvalue weighted by atomic mass is 35.5. The van der Waals surface area contributed by atoms with Crippen LogP contribution in [0.5, 0.6) is 0 Å². The first-order valence-electron chi connectivity index (χ1n) is 9.96. The third kappa shape index (κ3) is 3.99. The summed E-state index contributed by atoms with van der Waals surface area (Å²) in [7, 11) is 1.88. The second kappa shape index (κ2) is 7.64. The predicted octanol–water partition coefficient (Wildman–Crippen LogP) is 4.69. The van der Waals surface area contributed by atoms with Gasteiger partial charge in [-0.15, -0.1) is 0 Å². The Bertz CT molecular complexity index is 995. The maximum atomic E-state index is 14.5. The summed E-state index contributed by atoms with van der Waals surface area (Å²) in [5, 5.41) is 0.0863. The summed E-state index contributed by atoms with van der Waals surface area (Å²) in [5.41, 5.74) is -0.532. The molecule has 1 saturated heterocycles. The lowest BCUT2D eigenvalue weighted by Crippen LogP contribution is -2.48. The molecule has 0 spiro atoms. The molecule has 1 saturated carbocycles. The Morgan fingerprint density at radius 3 is 2.60 bits per heavy atom. The van der Waals surface area contributed by atoms with Crippen LogP contribution in [0.2, 0.25) is 10.4 Å².